The Hall–Kier alpha value is -0.700. The molecule has 0 saturated carbocycles. The second-order valence-electron chi connectivity index (χ2n) is 4.48. The molecule has 2 nitrogen and oxygen atoms in total. The Morgan fingerprint density at radius 2 is 2.07 bits per heavy atom. The predicted octanol–water partition coefficient (Wildman–Crippen LogP) is 3.36. The van der Waals surface area contributed by atoms with Crippen molar-refractivity contribution in [3.8, 4) is 11.5 Å². The number of hydrogen-bond acceptors (Lipinski definition) is 2. The Labute approximate surface area is 99.4 Å². The lowest BCUT2D eigenvalue weighted by Gasteiger charge is -2.21. The van der Waals surface area contributed by atoms with Crippen molar-refractivity contribution in [3.05, 3.63) is 23.8 Å². The van der Waals surface area contributed by atoms with Crippen LogP contribution in [0, 0.1) is 5.41 Å². The van der Waals surface area contributed by atoms with Crippen LogP contribution in [0.2, 0.25) is 0 Å². The summed E-state index contributed by atoms with van der Waals surface area (Å²) >= 11 is 3.50. The molecule has 1 N–H and O–H groups in total. The molecule has 0 amide bonds. The van der Waals surface area contributed by atoms with E-state index in [2.05, 4.69) is 29.8 Å². The zero-order chi connectivity index (χ0) is 11.5. The number of aromatic hydroxyl groups is 1. The lowest BCUT2D eigenvalue weighted by atomic mass is 9.88. The van der Waals surface area contributed by atoms with E-state index in [1.165, 1.54) is 5.56 Å². The van der Waals surface area contributed by atoms with Gasteiger partial charge in [-0.25, -0.2) is 0 Å². The van der Waals surface area contributed by atoms with Gasteiger partial charge < -0.3 is 9.84 Å². The fraction of sp³-hybridized carbons (Fsp3) is 0.500. The van der Waals surface area contributed by atoms with Gasteiger partial charge in [0.2, 0.25) is 0 Å². The van der Waals surface area contributed by atoms with Crippen LogP contribution < -0.4 is 4.74 Å². The topological polar surface area (TPSA) is 29.5 Å². The van der Waals surface area contributed by atoms with Crippen LogP contribution in [-0.2, 0) is 6.42 Å². The minimum Gasteiger partial charge on any atom is -0.504 e. The van der Waals surface area contributed by atoms with Crippen molar-refractivity contribution >= 4 is 15.9 Å². The zero-order valence-electron chi connectivity index (χ0n) is 9.38. The molecule has 0 aliphatic rings. The van der Waals surface area contributed by atoms with E-state index in [9.17, 15) is 5.11 Å². The van der Waals surface area contributed by atoms with E-state index < -0.39 is 0 Å². The summed E-state index contributed by atoms with van der Waals surface area (Å²) in [5.74, 6) is 0.732. The van der Waals surface area contributed by atoms with Gasteiger partial charge in [0.05, 0.1) is 7.11 Å². The minimum absolute atomic E-state index is 0.192. The van der Waals surface area contributed by atoms with Gasteiger partial charge in [0, 0.05) is 5.33 Å². The zero-order valence-corrected chi connectivity index (χ0v) is 11.0. The first-order chi connectivity index (χ1) is 6.98. The Kier molecular flexibility index (Phi) is 4.03. The second kappa shape index (κ2) is 4.88. The summed E-state index contributed by atoms with van der Waals surface area (Å²) in [7, 11) is 1.56. The SMILES string of the molecule is COc1cc(CC(C)(C)CBr)ccc1O. The maximum Gasteiger partial charge on any atom is 0.160 e. The number of halogens is 1. The fourth-order valence-electron chi connectivity index (χ4n) is 1.43. The molecule has 0 aliphatic heterocycles. The van der Waals surface area contributed by atoms with Gasteiger partial charge in [-0.05, 0) is 29.5 Å². The molecule has 0 radical (unpaired) electrons. The highest BCUT2D eigenvalue weighted by Crippen LogP contribution is 2.30. The minimum atomic E-state index is 0.192. The van der Waals surface area contributed by atoms with Gasteiger partial charge in [-0.3, -0.25) is 0 Å². The maximum atomic E-state index is 9.46. The van der Waals surface area contributed by atoms with Crippen molar-refractivity contribution in [2.45, 2.75) is 20.3 Å². The van der Waals surface area contributed by atoms with E-state index in [4.69, 9.17) is 4.74 Å². The summed E-state index contributed by atoms with van der Waals surface area (Å²) in [6.07, 6.45) is 0.953. The third kappa shape index (κ3) is 3.42. The van der Waals surface area contributed by atoms with Crippen molar-refractivity contribution in [1.29, 1.82) is 0 Å². The average Bonchev–Trinajstić information content (AvgIpc) is 2.20. The van der Waals surface area contributed by atoms with Crippen LogP contribution in [0.5, 0.6) is 11.5 Å². The number of alkyl halides is 1. The molecule has 1 rings (SSSR count). The van der Waals surface area contributed by atoms with Crippen molar-refractivity contribution in [3.63, 3.8) is 0 Å². The third-order valence-corrected chi connectivity index (χ3v) is 3.81. The molecule has 3 heteroatoms. The highest BCUT2D eigenvalue weighted by atomic mass is 79.9. The van der Waals surface area contributed by atoms with Gasteiger partial charge in [-0.2, -0.15) is 0 Å². The lowest BCUT2D eigenvalue weighted by Crippen LogP contribution is -2.16. The smallest absolute Gasteiger partial charge is 0.160 e. The summed E-state index contributed by atoms with van der Waals surface area (Å²) in [4.78, 5) is 0. The maximum absolute atomic E-state index is 9.46. The van der Waals surface area contributed by atoms with E-state index in [1.54, 1.807) is 13.2 Å². The molecule has 0 fully saturated rings. The quantitative estimate of drug-likeness (QED) is 0.852. The van der Waals surface area contributed by atoms with Gasteiger partial charge in [0.15, 0.2) is 11.5 Å². The molecule has 0 heterocycles. The van der Waals surface area contributed by atoms with E-state index in [0.717, 1.165) is 11.8 Å². The second-order valence-corrected chi connectivity index (χ2v) is 5.04. The van der Waals surface area contributed by atoms with Crippen molar-refractivity contribution in [1.82, 2.24) is 0 Å². The largest absolute Gasteiger partial charge is 0.504 e. The molecule has 0 atom stereocenters. The van der Waals surface area contributed by atoms with Gasteiger partial charge in [0.25, 0.3) is 0 Å². The summed E-state index contributed by atoms with van der Waals surface area (Å²) < 4.78 is 5.07. The Balaban J connectivity index is 2.87. The number of methoxy groups -OCH3 is 1. The lowest BCUT2D eigenvalue weighted by molar-refractivity contribution is 0.370. The van der Waals surface area contributed by atoms with Gasteiger partial charge >= 0.3 is 0 Å². The molecular weight excluding hydrogens is 256 g/mol. The number of ether oxygens (including phenoxy) is 1. The molecule has 84 valence electrons. The molecule has 0 aliphatic carbocycles. The average molecular weight is 273 g/mol. The van der Waals surface area contributed by atoms with Crippen LogP contribution in [0.4, 0.5) is 0 Å². The first kappa shape index (κ1) is 12.4. The van der Waals surface area contributed by atoms with Crippen LogP contribution in [0.25, 0.3) is 0 Å². The van der Waals surface area contributed by atoms with Gasteiger partial charge in [-0.15, -0.1) is 0 Å². The normalized spacial score (nSPS) is 11.5. The Morgan fingerprint density at radius 3 is 2.60 bits per heavy atom. The molecule has 0 saturated heterocycles. The third-order valence-electron chi connectivity index (χ3n) is 2.29. The van der Waals surface area contributed by atoms with E-state index >= 15 is 0 Å². The van der Waals surface area contributed by atoms with Crippen LogP contribution >= 0.6 is 15.9 Å². The van der Waals surface area contributed by atoms with Crippen LogP contribution in [0.3, 0.4) is 0 Å². The molecule has 0 unspecified atom stereocenters. The summed E-state index contributed by atoms with van der Waals surface area (Å²) in [6.45, 7) is 4.39. The highest BCUT2D eigenvalue weighted by molar-refractivity contribution is 9.09. The monoisotopic (exact) mass is 272 g/mol. The number of phenols is 1. The first-order valence-corrected chi connectivity index (χ1v) is 6.02. The van der Waals surface area contributed by atoms with Crippen LogP contribution in [0.15, 0.2) is 18.2 Å². The predicted molar refractivity (Wildman–Crippen MR) is 65.9 cm³/mol. The van der Waals surface area contributed by atoms with Crippen molar-refractivity contribution in [2.24, 2.45) is 5.41 Å². The molecule has 1 aromatic carbocycles. The Bertz CT molecular complexity index is 334. The molecule has 0 aromatic heterocycles. The standard InChI is InChI=1S/C12H17BrO2/c1-12(2,8-13)7-9-4-5-10(14)11(6-9)15-3/h4-6,14H,7-8H2,1-3H3. The number of hydrogen-bond donors (Lipinski definition) is 1. The Morgan fingerprint density at radius 1 is 1.40 bits per heavy atom. The first-order valence-electron chi connectivity index (χ1n) is 4.90. The number of benzene rings is 1. The van der Waals surface area contributed by atoms with Gasteiger partial charge in [0.1, 0.15) is 0 Å². The highest BCUT2D eigenvalue weighted by Gasteiger charge is 2.17. The van der Waals surface area contributed by atoms with Crippen molar-refractivity contribution < 1.29 is 9.84 Å². The molecule has 0 bridgehead atoms. The molecular formula is C12H17BrO2. The summed E-state index contributed by atoms with van der Waals surface area (Å²) in [5.41, 5.74) is 1.39. The van der Waals surface area contributed by atoms with E-state index in [1.807, 2.05) is 12.1 Å². The molecule has 1 aromatic rings. The summed E-state index contributed by atoms with van der Waals surface area (Å²) in [5, 5.41) is 10.4. The van der Waals surface area contributed by atoms with Crippen LogP contribution in [0.1, 0.15) is 19.4 Å². The van der Waals surface area contributed by atoms with Crippen LogP contribution in [-0.4, -0.2) is 17.5 Å². The van der Waals surface area contributed by atoms with Crippen molar-refractivity contribution in [2.75, 3.05) is 12.4 Å². The number of phenolic OH excluding ortho intramolecular Hbond substituents is 1. The van der Waals surface area contributed by atoms with E-state index in [0.29, 0.717) is 5.75 Å². The summed E-state index contributed by atoms with van der Waals surface area (Å²) in [6, 6.07) is 5.50. The molecule has 15 heavy (non-hydrogen) atoms. The van der Waals surface area contributed by atoms with E-state index in [-0.39, 0.29) is 11.2 Å². The molecule has 0 spiro atoms. The number of rotatable bonds is 4. The van der Waals surface area contributed by atoms with Gasteiger partial charge in [-0.1, -0.05) is 35.8 Å². The fourth-order valence-corrected chi connectivity index (χ4v) is 1.63.